The Morgan fingerprint density at radius 1 is 0.821 bits per heavy atom. The van der Waals surface area contributed by atoms with Crippen molar-refractivity contribution in [3.05, 3.63) is 6.07 Å². The SMILES string of the molecule is CC1(C)Oc2cc3c(c(PCC(O)(C(F)(F)F)C(F)(F)F)c2O1)OC(C)(C)O3. The molecule has 12 heteroatoms. The smallest absolute Gasteiger partial charge is 0.426 e. The van der Waals surface area contributed by atoms with Crippen LogP contribution in [0.1, 0.15) is 27.7 Å². The fourth-order valence-electron chi connectivity index (χ4n) is 2.75. The third kappa shape index (κ3) is 3.43. The molecular weight excluding hydrogens is 417 g/mol. The van der Waals surface area contributed by atoms with Crippen molar-refractivity contribution in [3.8, 4) is 23.0 Å². The predicted molar refractivity (Wildman–Crippen MR) is 87.0 cm³/mol. The molecule has 2 aliphatic rings. The number of halogens is 6. The summed E-state index contributed by atoms with van der Waals surface area (Å²) in [4.78, 5) is 0. The Hall–Kier alpha value is -1.61. The van der Waals surface area contributed by atoms with Gasteiger partial charge in [0.25, 0.3) is 5.60 Å². The number of alkyl halides is 6. The second-order valence-electron chi connectivity index (χ2n) is 7.32. The van der Waals surface area contributed by atoms with Crippen molar-refractivity contribution in [2.24, 2.45) is 0 Å². The van der Waals surface area contributed by atoms with E-state index in [0.717, 1.165) is 0 Å². The molecule has 1 aromatic rings. The number of hydrogen-bond donors (Lipinski definition) is 1. The molecule has 0 aliphatic carbocycles. The van der Waals surface area contributed by atoms with Gasteiger partial charge >= 0.3 is 12.4 Å². The molecule has 5 nitrogen and oxygen atoms in total. The molecule has 1 aromatic carbocycles. The predicted octanol–water partition coefficient (Wildman–Crippen LogP) is 3.86. The van der Waals surface area contributed by atoms with E-state index in [-0.39, 0.29) is 28.3 Å². The van der Waals surface area contributed by atoms with E-state index in [1.54, 1.807) is 0 Å². The van der Waals surface area contributed by atoms with Crippen molar-refractivity contribution < 1.29 is 50.4 Å². The number of fused-ring (bicyclic) bond motifs is 2. The van der Waals surface area contributed by atoms with Crippen molar-refractivity contribution in [2.75, 3.05) is 6.16 Å². The number of rotatable bonds is 3. The lowest BCUT2D eigenvalue weighted by Gasteiger charge is -2.32. The highest BCUT2D eigenvalue weighted by atomic mass is 31.1. The fourth-order valence-corrected chi connectivity index (χ4v) is 4.26. The van der Waals surface area contributed by atoms with E-state index in [1.165, 1.54) is 33.8 Å². The zero-order valence-electron chi connectivity index (χ0n) is 15.1. The highest BCUT2D eigenvalue weighted by Gasteiger charge is 2.70. The molecule has 28 heavy (non-hydrogen) atoms. The quantitative estimate of drug-likeness (QED) is 0.579. The van der Waals surface area contributed by atoms with Gasteiger partial charge in [-0.3, -0.25) is 0 Å². The average Bonchev–Trinajstić information content (AvgIpc) is 2.93. The number of hydrogen-bond acceptors (Lipinski definition) is 5. The Morgan fingerprint density at radius 2 is 1.21 bits per heavy atom. The molecule has 0 aromatic heterocycles. The number of ether oxygens (including phenoxy) is 4. The fraction of sp³-hybridized carbons (Fsp3) is 0.625. The summed E-state index contributed by atoms with van der Waals surface area (Å²) in [5, 5.41) is 9.39. The topological polar surface area (TPSA) is 57.2 Å². The molecule has 0 fully saturated rings. The molecule has 3 rings (SSSR count). The maximum Gasteiger partial charge on any atom is 0.426 e. The van der Waals surface area contributed by atoms with Crippen LogP contribution in [0.3, 0.4) is 0 Å². The van der Waals surface area contributed by atoms with Crippen molar-refractivity contribution in [1.29, 1.82) is 0 Å². The van der Waals surface area contributed by atoms with E-state index in [0.29, 0.717) is 0 Å². The van der Waals surface area contributed by atoms with Gasteiger partial charge in [0.05, 0.1) is 5.30 Å². The molecule has 0 spiro atoms. The van der Waals surface area contributed by atoms with Gasteiger partial charge in [-0.15, -0.1) is 0 Å². The summed E-state index contributed by atoms with van der Waals surface area (Å²) < 4.78 is 100. The first-order valence-electron chi connectivity index (χ1n) is 8.02. The van der Waals surface area contributed by atoms with E-state index in [1.807, 2.05) is 0 Å². The van der Waals surface area contributed by atoms with Gasteiger partial charge in [0.1, 0.15) is 0 Å². The summed E-state index contributed by atoms with van der Waals surface area (Å²) in [6.45, 7) is 6.10. The third-order valence-corrected chi connectivity index (χ3v) is 5.53. The standard InChI is InChI=1S/C16H17F6O5P/c1-12(2)24-7-5-8-10(27-13(3,4)25-8)11(9(7)26-12)28-6-14(23,15(17,18)19)16(20,21)22/h5,23,28H,6H2,1-4H3. The van der Waals surface area contributed by atoms with Crippen molar-refractivity contribution in [3.63, 3.8) is 0 Å². The molecule has 0 saturated heterocycles. The molecule has 0 radical (unpaired) electrons. The monoisotopic (exact) mass is 434 g/mol. The molecule has 1 N–H and O–H groups in total. The lowest BCUT2D eigenvalue weighted by Crippen LogP contribution is -2.58. The zero-order chi connectivity index (χ0) is 21.3. The van der Waals surface area contributed by atoms with Gasteiger partial charge in [0.15, 0.2) is 23.0 Å². The zero-order valence-corrected chi connectivity index (χ0v) is 16.1. The summed E-state index contributed by atoms with van der Waals surface area (Å²) in [5.74, 6) is -2.22. The summed E-state index contributed by atoms with van der Waals surface area (Å²) in [7, 11) is -1.16. The van der Waals surface area contributed by atoms with Gasteiger partial charge in [0.2, 0.25) is 11.6 Å². The summed E-state index contributed by atoms with van der Waals surface area (Å²) >= 11 is 0. The minimum atomic E-state index is -5.91. The van der Waals surface area contributed by atoms with E-state index in [4.69, 9.17) is 18.9 Å². The van der Waals surface area contributed by atoms with Crippen LogP contribution in [0, 0.1) is 0 Å². The van der Waals surface area contributed by atoms with E-state index in [2.05, 4.69) is 0 Å². The van der Waals surface area contributed by atoms with Gasteiger partial charge in [0, 0.05) is 39.9 Å². The maximum atomic E-state index is 13.0. The highest BCUT2D eigenvalue weighted by Crippen LogP contribution is 2.53. The van der Waals surface area contributed by atoms with Crippen molar-refractivity contribution in [1.82, 2.24) is 0 Å². The maximum absolute atomic E-state index is 13.0. The second kappa shape index (κ2) is 5.95. The van der Waals surface area contributed by atoms with Crippen LogP contribution in [-0.4, -0.2) is 40.8 Å². The van der Waals surface area contributed by atoms with Crippen molar-refractivity contribution in [2.45, 2.75) is 57.2 Å². The first-order valence-corrected chi connectivity index (χ1v) is 9.23. The summed E-state index contributed by atoms with van der Waals surface area (Å²) in [5.41, 5.74) is -4.88. The largest absolute Gasteiger partial charge is 0.449 e. The number of benzene rings is 1. The van der Waals surface area contributed by atoms with Gasteiger partial charge in [-0.1, -0.05) is 8.58 Å². The molecular formula is C16H17F6O5P. The molecule has 0 amide bonds. The van der Waals surface area contributed by atoms with E-state index >= 15 is 0 Å². The Bertz CT molecular complexity index is 746. The van der Waals surface area contributed by atoms with Crippen LogP contribution in [0.4, 0.5) is 26.3 Å². The normalized spacial score (nSPS) is 20.2. The molecule has 2 aliphatic heterocycles. The van der Waals surface area contributed by atoms with Crippen LogP contribution in [0.5, 0.6) is 23.0 Å². The van der Waals surface area contributed by atoms with Crippen LogP contribution in [-0.2, 0) is 0 Å². The molecule has 0 saturated carbocycles. The van der Waals surface area contributed by atoms with Gasteiger partial charge < -0.3 is 24.1 Å². The first kappa shape index (κ1) is 21.1. The lowest BCUT2D eigenvalue weighted by atomic mass is 10.1. The summed E-state index contributed by atoms with van der Waals surface area (Å²) in [6.07, 6.45) is -13.5. The van der Waals surface area contributed by atoms with Gasteiger partial charge in [-0.25, -0.2) is 0 Å². The molecule has 2 heterocycles. The Morgan fingerprint density at radius 3 is 1.57 bits per heavy atom. The lowest BCUT2D eigenvalue weighted by molar-refractivity contribution is -0.358. The van der Waals surface area contributed by atoms with Crippen LogP contribution in [0.15, 0.2) is 6.07 Å². The summed E-state index contributed by atoms with van der Waals surface area (Å²) in [6, 6.07) is 1.40. The molecule has 1 unspecified atom stereocenters. The average molecular weight is 434 g/mol. The number of aliphatic hydroxyl groups is 1. The molecule has 0 bridgehead atoms. The van der Waals surface area contributed by atoms with Crippen LogP contribution >= 0.6 is 8.58 Å². The van der Waals surface area contributed by atoms with E-state index in [9.17, 15) is 31.4 Å². The Balaban J connectivity index is 2.03. The third-order valence-electron chi connectivity index (χ3n) is 4.03. The molecule has 1 atom stereocenters. The van der Waals surface area contributed by atoms with Crippen LogP contribution in [0.25, 0.3) is 0 Å². The van der Waals surface area contributed by atoms with Crippen LogP contribution < -0.4 is 24.3 Å². The van der Waals surface area contributed by atoms with Crippen LogP contribution in [0.2, 0.25) is 0 Å². The second-order valence-corrected chi connectivity index (χ2v) is 8.53. The minimum Gasteiger partial charge on any atom is -0.449 e. The molecule has 158 valence electrons. The van der Waals surface area contributed by atoms with Crippen molar-refractivity contribution >= 4 is 13.9 Å². The Labute approximate surface area is 157 Å². The first-order chi connectivity index (χ1) is 12.5. The Kier molecular flexibility index (Phi) is 4.48. The minimum absolute atomic E-state index is 0.0323. The van der Waals surface area contributed by atoms with Gasteiger partial charge in [-0.05, 0) is 0 Å². The van der Waals surface area contributed by atoms with Gasteiger partial charge in [-0.2, -0.15) is 26.3 Å². The van der Waals surface area contributed by atoms with E-state index < -0.39 is 44.3 Å². The highest BCUT2D eigenvalue weighted by molar-refractivity contribution is 7.48.